The minimum Gasteiger partial charge on any atom is -0.481 e. The van der Waals surface area contributed by atoms with E-state index in [0.717, 1.165) is 12.0 Å². The molecule has 2 aromatic carbocycles. The molecule has 32 heavy (non-hydrogen) atoms. The summed E-state index contributed by atoms with van der Waals surface area (Å²) >= 11 is 0. The fourth-order valence-corrected chi connectivity index (χ4v) is 2.96. The van der Waals surface area contributed by atoms with E-state index in [-0.39, 0.29) is 24.7 Å². The lowest BCUT2D eigenvalue weighted by Gasteiger charge is -2.21. The van der Waals surface area contributed by atoms with E-state index < -0.39 is 11.9 Å². The van der Waals surface area contributed by atoms with Gasteiger partial charge in [0.15, 0.2) is 0 Å². The van der Waals surface area contributed by atoms with Gasteiger partial charge in [-0.1, -0.05) is 19.1 Å². The van der Waals surface area contributed by atoms with Gasteiger partial charge in [-0.3, -0.25) is 15.0 Å². The Morgan fingerprint density at radius 1 is 1.03 bits per heavy atom. The Labute approximate surface area is 186 Å². The lowest BCUT2D eigenvalue weighted by Crippen LogP contribution is -2.34. The number of rotatable bonds is 10. The molecule has 0 unspecified atom stereocenters. The van der Waals surface area contributed by atoms with Crippen LogP contribution in [0.2, 0.25) is 0 Å². The van der Waals surface area contributed by atoms with Crippen LogP contribution in [0.5, 0.6) is 5.75 Å². The van der Waals surface area contributed by atoms with E-state index in [4.69, 9.17) is 21.0 Å². The topological polar surface area (TPSA) is 134 Å². The second-order valence-corrected chi connectivity index (χ2v) is 7.21. The Hall–Kier alpha value is -3.94. The van der Waals surface area contributed by atoms with Gasteiger partial charge in [-0.2, -0.15) is 0 Å². The van der Waals surface area contributed by atoms with E-state index in [2.05, 4.69) is 0 Å². The largest absolute Gasteiger partial charge is 0.481 e. The summed E-state index contributed by atoms with van der Waals surface area (Å²) in [6.07, 6.45) is 2.32. The van der Waals surface area contributed by atoms with Crippen LogP contribution in [0.15, 0.2) is 54.1 Å². The molecule has 0 saturated carbocycles. The van der Waals surface area contributed by atoms with Gasteiger partial charge < -0.3 is 20.5 Å². The van der Waals surface area contributed by atoms with Crippen LogP contribution in [-0.2, 0) is 9.59 Å². The van der Waals surface area contributed by atoms with E-state index >= 15 is 0 Å². The molecule has 0 atom stereocenters. The third-order valence-corrected chi connectivity index (χ3v) is 4.62. The summed E-state index contributed by atoms with van der Waals surface area (Å²) in [5.74, 6) is -1.43. The van der Waals surface area contributed by atoms with Gasteiger partial charge in [-0.25, -0.2) is 4.79 Å². The van der Waals surface area contributed by atoms with Crippen LogP contribution in [0, 0.1) is 5.41 Å². The number of carboxylic acids is 1. The Morgan fingerprint density at radius 2 is 1.62 bits per heavy atom. The van der Waals surface area contributed by atoms with Crippen LogP contribution in [0.25, 0.3) is 6.08 Å². The van der Waals surface area contributed by atoms with Crippen molar-refractivity contribution in [2.75, 3.05) is 13.1 Å². The molecule has 4 N–H and O–H groups in total. The average molecular weight is 437 g/mol. The molecule has 0 saturated heterocycles. The lowest BCUT2D eigenvalue weighted by molar-refractivity contribution is -0.138. The average Bonchev–Trinajstić information content (AvgIpc) is 2.76. The van der Waals surface area contributed by atoms with Crippen molar-refractivity contribution < 1.29 is 24.2 Å². The molecule has 8 nitrogen and oxygen atoms in total. The van der Waals surface area contributed by atoms with Crippen LogP contribution in [0.4, 0.5) is 0 Å². The number of esters is 1. The summed E-state index contributed by atoms with van der Waals surface area (Å²) in [6, 6.07) is 12.9. The van der Waals surface area contributed by atoms with Crippen molar-refractivity contribution in [1.29, 1.82) is 5.41 Å². The number of carbonyl (C=O) groups excluding carboxylic acids is 2. The third-order valence-electron chi connectivity index (χ3n) is 4.62. The summed E-state index contributed by atoms with van der Waals surface area (Å²) < 4.78 is 5.32. The second-order valence-electron chi connectivity index (χ2n) is 7.21. The highest BCUT2D eigenvalue weighted by molar-refractivity contribution is 5.98. The minimum atomic E-state index is -0.946. The number of benzene rings is 2. The predicted octanol–water partition coefficient (Wildman–Crippen LogP) is 3.31. The maximum atomic E-state index is 12.7. The van der Waals surface area contributed by atoms with Crippen LogP contribution < -0.4 is 10.5 Å². The molecule has 2 aromatic rings. The number of aliphatic carboxylic acids is 1. The van der Waals surface area contributed by atoms with Crippen LogP contribution >= 0.6 is 0 Å². The number of carboxylic acid groups (broad SMARTS) is 1. The number of amides is 1. The first-order valence-electron chi connectivity index (χ1n) is 10.2. The molecule has 0 aromatic heterocycles. The molecule has 0 bridgehead atoms. The smallest absolute Gasteiger partial charge is 0.343 e. The minimum absolute atomic E-state index is 0.0694. The molecule has 0 spiro atoms. The van der Waals surface area contributed by atoms with Crippen molar-refractivity contribution in [3.63, 3.8) is 0 Å². The molecule has 0 radical (unpaired) electrons. The summed E-state index contributed by atoms with van der Waals surface area (Å²) in [7, 11) is 0. The van der Waals surface area contributed by atoms with E-state index in [1.54, 1.807) is 61.5 Å². The first-order chi connectivity index (χ1) is 15.2. The van der Waals surface area contributed by atoms with Gasteiger partial charge in [0.25, 0.3) is 0 Å². The van der Waals surface area contributed by atoms with Gasteiger partial charge in [0.05, 0.1) is 12.0 Å². The zero-order valence-electron chi connectivity index (χ0n) is 18.1. The fraction of sp³-hybridized carbons (Fsp3) is 0.250. The molecule has 0 fully saturated rings. The molecular formula is C24H27N3O5. The van der Waals surface area contributed by atoms with Crippen molar-refractivity contribution >= 4 is 29.8 Å². The third kappa shape index (κ3) is 7.09. The number of carbonyl (C=O) groups is 3. The summed E-state index contributed by atoms with van der Waals surface area (Å²) in [4.78, 5) is 37.4. The number of nitrogen functional groups attached to an aromatic ring is 1. The Morgan fingerprint density at radius 3 is 2.16 bits per heavy atom. The maximum absolute atomic E-state index is 12.7. The first-order valence-corrected chi connectivity index (χ1v) is 10.2. The van der Waals surface area contributed by atoms with Crippen molar-refractivity contribution in [2.24, 2.45) is 5.73 Å². The van der Waals surface area contributed by atoms with Crippen molar-refractivity contribution in [1.82, 2.24) is 4.90 Å². The van der Waals surface area contributed by atoms with Crippen LogP contribution in [-0.4, -0.2) is 46.8 Å². The number of hydrogen-bond donors (Lipinski definition) is 3. The van der Waals surface area contributed by atoms with Crippen LogP contribution in [0.3, 0.4) is 0 Å². The van der Waals surface area contributed by atoms with E-state index in [1.165, 1.54) is 4.90 Å². The highest BCUT2D eigenvalue weighted by Crippen LogP contribution is 2.16. The van der Waals surface area contributed by atoms with Crippen molar-refractivity contribution in [2.45, 2.75) is 26.7 Å². The van der Waals surface area contributed by atoms with E-state index in [9.17, 15) is 14.4 Å². The first kappa shape index (κ1) is 24.3. The summed E-state index contributed by atoms with van der Waals surface area (Å²) in [5, 5.41) is 16.3. The Balaban J connectivity index is 2.05. The Bertz CT molecular complexity index is 1010. The van der Waals surface area contributed by atoms with E-state index in [1.807, 2.05) is 6.92 Å². The van der Waals surface area contributed by atoms with Gasteiger partial charge in [0.2, 0.25) is 5.91 Å². The summed E-state index contributed by atoms with van der Waals surface area (Å²) in [6.45, 7) is 4.25. The molecule has 0 aliphatic rings. The van der Waals surface area contributed by atoms with Crippen molar-refractivity contribution in [3.8, 4) is 5.75 Å². The van der Waals surface area contributed by atoms with Gasteiger partial charge in [-0.05, 0) is 61.4 Å². The standard InChI is InChI=1S/C24H27N3O5/c1-3-13-27(14-12-21(28)29)23(30)16(2)15-17-4-6-19(7-5-17)24(31)32-20-10-8-18(9-11-20)22(25)26/h4-11,15H,3,12-14H2,1-2H3,(H3,25,26)(H,28,29)/b16-15+. The van der Waals surface area contributed by atoms with Gasteiger partial charge in [0.1, 0.15) is 11.6 Å². The van der Waals surface area contributed by atoms with Gasteiger partial charge in [-0.15, -0.1) is 0 Å². The number of hydrogen-bond acceptors (Lipinski definition) is 5. The van der Waals surface area contributed by atoms with Gasteiger partial charge in [0, 0.05) is 24.2 Å². The lowest BCUT2D eigenvalue weighted by atomic mass is 10.1. The number of nitrogens with zero attached hydrogens (tertiary/aromatic N) is 1. The monoisotopic (exact) mass is 437 g/mol. The highest BCUT2D eigenvalue weighted by atomic mass is 16.5. The molecule has 0 aliphatic carbocycles. The Kier molecular flexibility index (Phi) is 8.71. The zero-order chi connectivity index (χ0) is 23.7. The number of nitrogens with two attached hydrogens (primary N) is 1. The molecule has 1 amide bonds. The number of nitrogens with one attached hydrogen (secondary N) is 1. The molecule has 0 aliphatic heterocycles. The molecule has 8 heteroatoms. The molecule has 0 heterocycles. The SMILES string of the molecule is CCCN(CCC(=O)O)C(=O)/C(C)=C/c1ccc(C(=O)Oc2ccc(C(=N)N)cc2)cc1. The molecular weight excluding hydrogens is 410 g/mol. The fourth-order valence-electron chi connectivity index (χ4n) is 2.96. The number of ether oxygens (including phenoxy) is 1. The molecule has 168 valence electrons. The highest BCUT2D eigenvalue weighted by Gasteiger charge is 2.16. The summed E-state index contributed by atoms with van der Waals surface area (Å²) in [5.41, 5.74) is 7.49. The maximum Gasteiger partial charge on any atom is 0.343 e. The number of amidine groups is 1. The van der Waals surface area contributed by atoms with Crippen LogP contribution in [0.1, 0.15) is 48.2 Å². The molecule has 2 rings (SSSR count). The van der Waals surface area contributed by atoms with E-state index in [0.29, 0.717) is 29.0 Å². The zero-order valence-corrected chi connectivity index (χ0v) is 18.1. The second kappa shape index (κ2) is 11.5. The van der Waals surface area contributed by atoms with Crippen molar-refractivity contribution in [3.05, 3.63) is 70.8 Å². The van der Waals surface area contributed by atoms with Gasteiger partial charge >= 0.3 is 11.9 Å². The predicted molar refractivity (Wildman–Crippen MR) is 122 cm³/mol. The normalized spacial score (nSPS) is 11.0. The quantitative estimate of drug-likeness (QED) is 0.172.